The molecule has 0 unspecified atom stereocenters. The summed E-state index contributed by atoms with van der Waals surface area (Å²) in [5.74, 6) is -0.499. The van der Waals surface area contributed by atoms with Crippen molar-refractivity contribution in [2.24, 2.45) is 0 Å². The third-order valence-electron chi connectivity index (χ3n) is 4.31. The molecule has 0 heterocycles. The lowest BCUT2D eigenvalue weighted by Gasteiger charge is -2.21. The minimum atomic E-state index is -0.766. The molecule has 0 amide bonds. The van der Waals surface area contributed by atoms with E-state index in [0.29, 0.717) is 13.0 Å². The van der Waals surface area contributed by atoms with Gasteiger partial charge < -0.3 is 15.4 Å². The van der Waals surface area contributed by atoms with Crippen molar-refractivity contribution in [2.75, 3.05) is 17.7 Å². The van der Waals surface area contributed by atoms with Gasteiger partial charge in [-0.3, -0.25) is 9.59 Å². The summed E-state index contributed by atoms with van der Waals surface area (Å²) in [6.07, 6.45) is 0.338. The largest absolute Gasteiger partial charge is 0.467 e. The molecule has 0 aromatic heterocycles. The van der Waals surface area contributed by atoms with Crippen LogP contribution in [0.4, 0.5) is 11.4 Å². The van der Waals surface area contributed by atoms with Crippen LogP contribution in [-0.4, -0.2) is 19.1 Å². The molecule has 6 heteroatoms. The minimum absolute atomic E-state index is 0.127. The minimum Gasteiger partial charge on any atom is -0.467 e. The fourth-order valence-corrected chi connectivity index (χ4v) is 2.84. The maximum atomic E-state index is 12.1. The van der Waals surface area contributed by atoms with Crippen molar-refractivity contribution >= 4 is 17.3 Å². The van der Waals surface area contributed by atoms with Gasteiger partial charge in [0.05, 0.1) is 7.11 Å². The number of carbonyl (C=O) groups is 1. The van der Waals surface area contributed by atoms with Crippen molar-refractivity contribution in [3.05, 3.63) is 92.2 Å². The number of esters is 1. The number of rotatable bonds is 8. The summed E-state index contributed by atoms with van der Waals surface area (Å²) in [4.78, 5) is 36.1. The maximum absolute atomic E-state index is 12.1. The van der Waals surface area contributed by atoms with Gasteiger partial charge >= 0.3 is 5.97 Å². The van der Waals surface area contributed by atoms with Gasteiger partial charge in [-0.1, -0.05) is 60.7 Å². The molecule has 138 valence electrons. The lowest BCUT2D eigenvalue weighted by atomic mass is 10.0. The molecule has 0 fully saturated rings. The lowest BCUT2D eigenvalue weighted by Crippen LogP contribution is -2.42. The first-order chi connectivity index (χ1) is 13.1. The molecule has 0 saturated carbocycles. The molecule has 6 nitrogen and oxygen atoms in total. The Morgan fingerprint density at radius 1 is 0.889 bits per heavy atom. The number of carbonyl (C=O) groups excluding carboxylic acids is 1. The molecule has 3 aromatic carbocycles. The Bertz CT molecular complexity index is 977. The van der Waals surface area contributed by atoms with Gasteiger partial charge in [-0.15, -0.1) is 0 Å². The van der Waals surface area contributed by atoms with Gasteiger partial charge in [0.1, 0.15) is 17.4 Å². The Hall–Kier alpha value is -3.41. The smallest absolute Gasteiger partial charge is 0.328 e. The van der Waals surface area contributed by atoms with Crippen LogP contribution in [0.15, 0.2) is 70.3 Å². The van der Waals surface area contributed by atoms with Gasteiger partial charge in [-0.25, -0.2) is 4.79 Å². The molecule has 2 N–H and O–H groups in total. The standard InChI is InChI=1S/C21H20N2O4/c1-27-21(26)16(12-14-8-4-2-5-9-14)23-18-17(19(24)20(18)25)22-13-15-10-6-3-7-11-15/h2-11,16,22-23H,12-13H2,1H3/t16-/m0/s1. The first-order valence-corrected chi connectivity index (χ1v) is 8.59. The maximum Gasteiger partial charge on any atom is 0.328 e. The van der Waals surface area contributed by atoms with E-state index < -0.39 is 22.9 Å². The molecule has 0 saturated heterocycles. The van der Waals surface area contributed by atoms with Crippen LogP contribution in [0.2, 0.25) is 0 Å². The first kappa shape index (κ1) is 18.4. The highest BCUT2D eigenvalue weighted by Crippen LogP contribution is 2.18. The predicted molar refractivity (Wildman–Crippen MR) is 105 cm³/mol. The molecule has 3 aromatic rings. The van der Waals surface area contributed by atoms with Gasteiger partial charge in [-0.2, -0.15) is 0 Å². The summed E-state index contributed by atoms with van der Waals surface area (Å²) in [5.41, 5.74) is 1.00. The summed E-state index contributed by atoms with van der Waals surface area (Å²) in [5, 5.41) is 5.88. The molecule has 3 rings (SSSR count). The molecular formula is C21H20N2O4. The Balaban J connectivity index is 1.76. The summed E-state index contributed by atoms with van der Waals surface area (Å²) in [6.45, 7) is 0.405. The molecule has 0 aliphatic carbocycles. The zero-order valence-electron chi connectivity index (χ0n) is 14.9. The van der Waals surface area contributed by atoms with Crippen molar-refractivity contribution in [1.29, 1.82) is 0 Å². The average molecular weight is 364 g/mol. The van der Waals surface area contributed by atoms with Gasteiger partial charge in [0, 0.05) is 13.0 Å². The van der Waals surface area contributed by atoms with E-state index in [-0.39, 0.29) is 11.4 Å². The number of methoxy groups -OCH3 is 1. The third kappa shape index (κ3) is 4.23. The average Bonchev–Trinajstić information content (AvgIpc) is 2.72. The van der Waals surface area contributed by atoms with E-state index in [9.17, 15) is 14.4 Å². The van der Waals surface area contributed by atoms with E-state index in [1.807, 2.05) is 60.7 Å². The Labute approximate surface area is 156 Å². The molecule has 0 bridgehead atoms. The topological polar surface area (TPSA) is 84.5 Å². The fourth-order valence-electron chi connectivity index (χ4n) is 2.84. The monoisotopic (exact) mass is 364 g/mol. The lowest BCUT2D eigenvalue weighted by molar-refractivity contribution is -0.141. The number of nitrogens with one attached hydrogen (secondary N) is 2. The van der Waals surface area contributed by atoms with Gasteiger partial charge in [-0.05, 0) is 11.1 Å². The fraction of sp³-hybridized carbons (Fsp3) is 0.190. The van der Waals surface area contributed by atoms with E-state index in [4.69, 9.17) is 4.74 Å². The SMILES string of the molecule is COC(=O)[C@H](Cc1ccccc1)Nc1c(NCc2ccccc2)c(=O)c1=O. The highest BCUT2D eigenvalue weighted by atomic mass is 16.5. The van der Waals surface area contributed by atoms with Gasteiger partial charge in [0.15, 0.2) is 0 Å². The first-order valence-electron chi connectivity index (χ1n) is 8.59. The summed E-state index contributed by atoms with van der Waals surface area (Å²) in [6, 6.07) is 18.1. The second-order valence-electron chi connectivity index (χ2n) is 6.16. The number of ether oxygens (including phenoxy) is 1. The zero-order chi connectivity index (χ0) is 19.2. The quantitative estimate of drug-likeness (QED) is 0.470. The van der Waals surface area contributed by atoms with Crippen LogP contribution in [0.25, 0.3) is 0 Å². The van der Waals surface area contributed by atoms with E-state index in [2.05, 4.69) is 10.6 Å². The van der Waals surface area contributed by atoms with Crippen LogP contribution in [0.5, 0.6) is 0 Å². The van der Waals surface area contributed by atoms with Crippen molar-refractivity contribution < 1.29 is 9.53 Å². The van der Waals surface area contributed by atoms with Crippen LogP contribution in [0.3, 0.4) is 0 Å². The van der Waals surface area contributed by atoms with E-state index in [0.717, 1.165) is 11.1 Å². The molecule has 0 aliphatic rings. The highest BCUT2D eigenvalue weighted by molar-refractivity contribution is 5.83. The van der Waals surface area contributed by atoms with Crippen molar-refractivity contribution in [1.82, 2.24) is 0 Å². The van der Waals surface area contributed by atoms with Crippen molar-refractivity contribution in [3.63, 3.8) is 0 Å². The molecular weight excluding hydrogens is 344 g/mol. The second-order valence-corrected chi connectivity index (χ2v) is 6.16. The van der Waals surface area contributed by atoms with Crippen LogP contribution in [0.1, 0.15) is 11.1 Å². The zero-order valence-corrected chi connectivity index (χ0v) is 14.9. The number of anilines is 2. The molecule has 0 spiro atoms. The highest BCUT2D eigenvalue weighted by Gasteiger charge is 2.27. The third-order valence-corrected chi connectivity index (χ3v) is 4.31. The summed E-state index contributed by atoms with van der Waals surface area (Å²) in [7, 11) is 1.29. The normalized spacial score (nSPS) is 11.7. The summed E-state index contributed by atoms with van der Waals surface area (Å²) >= 11 is 0. The van der Waals surface area contributed by atoms with E-state index in [1.54, 1.807) is 0 Å². The Kier molecular flexibility index (Phi) is 5.66. The van der Waals surface area contributed by atoms with E-state index in [1.165, 1.54) is 7.11 Å². The van der Waals surface area contributed by atoms with Crippen molar-refractivity contribution in [2.45, 2.75) is 19.0 Å². The van der Waals surface area contributed by atoms with Crippen LogP contribution in [0, 0.1) is 0 Å². The number of hydrogen-bond donors (Lipinski definition) is 2. The molecule has 27 heavy (non-hydrogen) atoms. The second kappa shape index (κ2) is 8.31. The summed E-state index contributed by atoms with van der Waals surface area (Å²) < 4.78 is 4.84. The predicted octanol–water partition coefficient (Wildman–Crippen LogP) is 2.09. The van der Waals surface area contributed by atoms with E-state index >= 15 is 0 Å². The van der Waals surface area contributed by atoms with Crippen LogP contribution < -0.4 is 21.5 Å². The molecule has 0 radical (unpaired) electrons. The molecule has 1 atom stereocenters. The number of hydrogen-bond acceptors (Lipinski definition) is 6. The van der Waals surface area contributed by atoms with Gasteiger partial charge in [0.25, 0.3) is 10.9 Å². The van der Waals surface area contributed by atoms with Gasteiger partial charge in [0.2, 0.25) is 0 Å². The Morgan fingerprint density at radius 2 is 1.44 bits per heavy atom. The van der Waals surface area contributed by atoms with Crippen LogP contribution in [-0.2, 0) is 22.5 Å². The van der Waals surface area contributed by atoms with Crippen LogP contribution >= 0.6 is 0 Å². The Morgan fingerprint density at radius 3 is 2.04 bits per heavy atom. The number of benzene rings is 2. The van der Waals surface area contributed by atoms with Crippen molar-refractivity contribution in [3.8, 4) is 0 Å². The molecule has 0 aliphatic heterocycles.